The van der Waals surface area contributed by atoms with Gasteiger partial charge in [-0.05, 0) is 0 Å². The topological polar surface area (TPSA) is 9.23 Å². The summed E-state index contributed by atoms with van der Waals surface area (Å²) in [5.41, 5.74) is 0. The van der Waals surface area contributed by atoms with Gasteiger partial charge >= 0.3 is 91.1 Å². The molecule has 0 aromatic rings. The maximum absolute atomic E-state index is 5.91. The fraction of sp³-hybridized carbons (Fsp3) is 0.333. The summed E-state index contributed by atoms with van der Waals surface area (Å²) in [6.45, 7) is 0. The summed E-state index contributed by atoms with van der Waals surface area (Å²) in [6.07, 6.45) is 17.7. The molecule has 0 saturated carbocycles. The van der Waals surface area contributed by atoms with Gasteiger partial charge in [-0.3, -0.25) is 0 Å². The summed E-state index contributed by atoms with van der Waals surface area (Å²) in [7, 11) is 1.88. The van der Waals surface area contributed by atoms with Gasteiger partial charge in [-0.15, -0.1) is 0 Å². The van der Waals surface area contributed by atoms with Crippen molar-refractivity contribution in [2.75, 3.05) is 7.11 Å². The molecule has 0 aromatic heterocycles. The van der Waals surface area contributed by atoms with Gasteiger partial charge in [-0.25, -0.2) is 0 Å². The van der Waals surface area contributed by atoms with E-state index >= 15 is 0 Å². The predicted octanol–water partition coefficient (Wildman–Crippen LogP) is 3.58. The third kappa shape index (κ3) is 1.66. The Morgan fingerprint density at radius 3 is 1.50 bits per heavy atom. The van der Waals surface area contributed by atoms with Crippen LogP contribution < -0.4 is 0 Å². The normalized spacial score (nSPS) is 21.6. The van der Waals surface area contributed by atoms with Crippen molar-refractivity contribution in [3.8, 4) is 0 Å². The van der Waals surface area contributed by atoms with Crippen LogP contribution in [0.5, 0.6) is 0 Å². The SMILES string of the molecule is C[O][Zr]([CH3])([CH]1C=CC=C1)[CH]1C=CC=C1. The molecule has 0 N–H and O–H groups in total. The third-order valence-electron chi connectivity index (χ3n) is 3.26. The molecular formula is C12H16OZr. The van der Waals surface area contributed by atoms with Crippen molar-refractivity contribution in [3.05, 3.63) is 48.6 Å². The van der Waals surface area contributed by atoms with Crippen molar-refractivity contribution in [1.29, 1.82) is 0 Å². The summed E-state index contributed by atoms with van der Waals surface area (Å²) in [6, 6.07) is 0. The molecule has 0 aliphatic heterocycles. The Morgan fingerprint density at radius 1 is 0.857 bits per heavy atom. The van der Waals surface area contributed by atoms with Crippen molar-refractivity contribution >= 4 is 0 Å². The van der Waals surface area contributed by atoms with Gasteiger partial charge in [0.15, 0.2) is 0 Å². The molecule has 0 radical (unpaired) electrons. The fourth-order valence-electron chi connectivity index (χ4n) is 2.12. The summed E-state index contributed by atoms with van der Waals surface area (Å²) < 4.78 is 9.47. The van der Waals surface area contributed by atoms with Crippen molar-refractivity contribution in [3.63, 3.8) is 0 Å². The van der Waals surface area contributed by atoms with Crippen LogP contribution in [-0.4, -0.2) is 7.11 Å². The van der Waals surface area contributed by atoms with Crippen LogP contribution in [0.1, 0.15) is 0 Å². The van der Waals surface area contributed by atoms with Gasteiger partial charge in [-0.2, -0.15) is 0 Å². The molecule has 0 aromatic carbocycles. The average molecular weight is 267 g/mol. The van der Waals surface area contributed by atoms with Gasteiger partial charge in [-0.1, -0.05) is 0 Å². The minimum atomic E-state index is -2.50. The Hall–Kier alpha value is -0.197. The van der Waals surface area contributed by atoms with Gasteiger partial charge in [0.1, 0.15) is 0 Å². The first kappa shape index (κ1) is 10.3. The van der Waals surface area contributed by atoms with Crippen LogP contribution in [0.3, 0.4) is 0 Å². The zero-order valence-corrected chi connectivity index (χ0v) is 11.1. The van der Waals surface area contributed by atoms with Crippen LogP contribution in [0.25, 0.3) is 0 Å². The summed E-state index contributed by atoms with van der Waals surface area (Å²) in [5, 5.41) is 0. The Labute approximate surface area is 90.9 Å². The van der Waals surface area contributed by atoms with Crippen LogP contribution in [0.4, 0.5) is 0 Å². The van der Waals surface area contributed by atoms with E-state index in [4.69, 9.17) is 2.81 Å². The van der Waals surface area contributed by atoms with E-state index in [9.17, 15) is 0 Å². The van der Waals surface area contributed by atoms with Crippen LogP contribution in [0, 0.1) is 0 Å². The zero-order chi connectivity index (χ0) is 10.0. The average Bonchev–Trinajstić information content (AvgIpc) is 2.88. The van der Waals surface area contributed by atoms with Gasteiger partial charge < -0.3 is 0 Å². The molecule has 2 aliphatic rings. The molecule has 0 saturated heterocycles. The van der Waals surface area contributed by atoms with Crippen LogP contribution in [-0.2, 0) is 23.5 Å². The molecule has 0 heterocycles. The Morgan fingerprint density at radius 2 is 1.21 bits per heavy atom. The van der Waals surface area contributed by atoms with Crippen molar-refractivity contribution in [2.24, 2.45) is 0 Å². The first-order chi connectivity index (χ1) is 6.77. The first-order valence-corrected chi connectivity index (χ1v) is 11.3. The van der Waals surface area contributed by atoms with E-state index in [0.29, 0.717) is 7.25 Å². The van der Waals surface area contributed by atoms with Crippen molar-refractivity contribution in [1.82, 2.24) is 0 Å². The zero-order valence-electron chi connectivity index (χ0n) is 8.68. The minimum absolute atomic E-state index is 0.590. The second-order valence-corrected chi connectivity index (χ2v) is 14.1. The van der Waals surface area contributed by atoms with Gasteiger partial charge in [0.25, 0.3) is 0 Å². The molecular weight excluding hydrogens is 251 g/mol. The first-order valence-electron chi connectivity index (χ1n) is 5.02. The van der Waals surface area contributed by atoms with E-state index in [1.807, 2.05) is 7.11 Å². The maximum atomic E-state index is 5.91. The Bertz CT molecular complexity index is 273. The van der Waals surface area contributed by atoms with E-state index in [-0.39, 0.29) is 0 Å². The van der Waals surface area contributed by atoms with E-state index in [0.717, 1.165) is 0 Å². The second kappa shape index (κ2) is 4.12. The van der Waals surface area contributed by atoms with Gasteiger partial charge in [0.05, 0.1) is 0 Å². The van der Waals surface area contributed by atoms with Crippen LogP contribution >= 0.6 is 0 Å². The van der Waals surface area contributed by atoms with E-state index in [2.05, 4.69) is 53.2 Å². The Balaban J connectivity index is 2.24. The predicted molar refractivity (Wildman–Crippen MR) is 56.9 cm³/mol. The monoisotopic (exact) mass is 266 g/mol. The van der Waals surface area contributed by atoms with Gasteiger partial charge in [0, 0.05) is 0 Å². The van der Waals surface area contributed by atoms with Gasteiger partial charge in [0.2, 0.25) is 0 Å². The van der Waals surface area contributed by atoms with Crippen LogP contribution in [0.2, 0.25) is 11.9 Å². The van der Waals surface area contributed by atoms with E-state index < -0.39 is 20.7 Å². The number of hydrogen-bond donors (Lipinski definition) is 0. The molecule has 0 fully saturated rings. The number of hydrogen-bond acceptors (Lipinski definition) is 1. The molecule has 2 rings (SSSR count). The molecule has 0 amide bonds. The van der Waals surface area contributed by atoms with Crippen molar-refractivity contribution in [2.45, 2.75) is 11.9 Å². The Kier molecular flexibility index (Phi) is 3.04. The standard InChI is InChI=1S/2C5H5.CH3O.CH3.Zr/c2*1-2-4-5-3-1;1-2;;/h2*1-5H;1H3;1H3;/q;;-1;;+1. The molecule has 2 aliphatic carbocycles. The molecule has 0 bridgehead atoms. The van der Waals surface area contributed by atoms with Crippen molar-refractivity contribution < 1.29 is 23.5 Å². The van der Waals surface area contributed by atoms with Crippen LogP contribution in [0.15, 0.2) is 48.6 Å². The molecule has 2 heteroatoms. The van der Waals surface area contributed by atoms with E-state index in [1.165, 1.54) is 0 Å². The number of rotatable bonds is 3. The molecule has 0 spiro atoms. The molecule has 74 valence electrons. The molecule has 14 heavy (non-hydrogen) atoms. The third-order valence-corrected chi connectivity index (χ3v) is 13.8. The summed E-state index contributed by atoms with van der Waals surface area (Å²) in [4.78, 5) is 0. The quantitative estimate of drug-likeness (QED) is 0.759. The molecule has 0 atom stereocenters. The fourth-order valence-corrected chi connectivity index (χ4v) is 9.40. The summed E-state index contributed by atoms with van der Waals surface area (Å²) in [5.74, 6) is 0. The number of allylic oxidation sites excluding steroid dienone is 8. The molecule has 0 unspecified atom stereocenters. The second-order valence-electron chi connectivity index (χ2n) is 3.98. The summed E-state index contributed by atoms with van der Waals surface area (Å²) >= 11 is -2.50. The van der Waals surface area contributed by atoms with E-state index in [1.54, 1.807) is 0 Å². The molecule has 1 nitrogen and oxygen atoms in total.